The first-order valence-corrected chi connectivity index (χ1v) is 6.86. The van der Waals surface area contributed by atoms with Gasteiger partial charge in [0, 0.05) is 18.0 Å². The molecule has 0 aliphatic heterocycles. The van der Waals surface area contributed by atoms with Crippen LogP contribution in [0.25, 0.3) is 0 Å². The zero-order chi connectivity index (χ0) is 13.2. The van der Waals surface area contributed by atoms with Crippen LogP contribution in [0.4, 0.5) is 5.13 Å². The summed E-state index contributed by atoms with van der Waals surface area (Å²) in [6, 6.07) is 0.401. The second-order valence-corrected chi connectivity index (χ2v) is 6.47. The maximum absolute atomic E-state index is 11.1. The Hall–Kier alpha value is -0.900. The van der Waals surface area contributed by atoms with Gasteiger partial charge in [-0.3, -0.25) is 4.79 Å². The monoisotopic (exact) mass is 254 g/mol. The van der Waals surface area contributed by atoms with Crippen LogP contribution < -0.4 is 4.90 Å². The van der Waals surface area contributed by atoms with Crippen molar-refractivity contribution in [1.29, 1.82) is 0 Å². The van der Waals surface area contributed by atoms with E-state index in [0.717, 1.165) is 28.5 Å². The molecule has 1 heterocycles. The van der Waals surface area contributed by atoms with Gasteiger partial charge in [-0.1, -0.05) is 32.1 Å². The Balaban J connectivity index is 3.21. The zero-order valence-electron chi connectivity index (χ0n) is 11.6. The summed E-state index contributed by atoms with van der Waals surface area (Å²) in [6.07, 6.45) is 0.927. The first-order valence-electron chi connectivity index (χ1n) is 6.04. The number of carbonyl (C=O) groups is 1. The lowest BCUT2D eigenvalue weighted by Crippen LogP contribution is -2.30. The summed E-state index contributed by atoms with van der Waals surface area (Å²) in [6.45, 7) is 13.6. The Bertz CT molecular complexity index is 391. The maximum Gasteiger partial charge on any atom is 0.186 e. The van der Waals surface area contributed by atoms with Crippen LogP contribution >= 0.6 is 11.3 Å². The molecule has 0 aliphatic rings. The Kier molecular flexibility index (Phi) is 4.31. The highest BCUT2D eigenvalue weighted by Gasteiger charge is 2.25. The lowest BCUT2D eigenvalue weighted by Gasteiger charge is -2.24. The number of carbonyl (C=O) groups excluding carboxylic acids is 1. The second kappa shape index (κ2) is 5.17. The molecule has 0 spiro atoms. The molecule has 0 aliphatic carbocycles. The van der Waals surface area contributed by atoms with Gasteiger partial charge in [0.05, 0.1) is 10.6 Å². The van der Waals surface area contributed by atoms with Gasteiger partial charge in [-0.15, -0.1) is 0 Å². The summed E-state index contributed by atoms with van der Waals surface area (Å²) in [5.41, 5.74) is 0.827. The predicted octanol–water partition coefficient (Wildman–Crippen LogP) is 3.49. The van der Waals surface area contributed by atoms with Crippen LogP contribution in [0.3, 0.4) is 0 Å². The Morgan fingerprint density at radius 1 is 1.41 bits per heavy atom. The molecular formula is C13H22N2OS. The lowest BCUT2D eigenvalue weighted by atomic mass is 9.91. The molecule has 17 heavy (non-hydrogen) atoms. The van der Waals surface area contributed by atoms with Gasteiger partial charge >= 0.3 is 0 Å². The minimum Gasteiger partial charge on any atom is -0.346 e. The van der Waals surface area contributed by atoms with E-state index >= 15 is 0 Å². The van der Waals surface area contributed by atoms with Crippen molar-refractivity contribution >= 4 is 22.8 Å². The van der Waals surface area contributed by atoms with Crippen molar-refractivity contribution in [2.45, 2.75) is 53.0 Å². The highest BCUT2D eigenvalue weighted by Crippen LogP contribution is 2.33. The van der Waals surface area contributed by atoms with Crippen LogP contribution in [0, 0.1) is 0 Å². The molecule has 0 radical (unpaired) electrons. The number of nitrogens with zero attached hydrogens (tertiary/aromatic N) is 2. The van der Waals surface area contributed by atoms with E-state index in [0.29, 0.717) is 6.04 Å². The summed E-state index contributed by atoms with van der Waals surface area (Å²) in [5.74, 6) is 0. The first kappa shape index (κ1) is 14.2. The molecule has 1 rings (SSSR count). The predicted molar refractivity (Wildman–Crippen MR) is 74.4 cm³/mol. The molecule has 0 bridgehead atoms. The number of anilines is 1. The zero-order valence-corrected chi connectivity index (χ0v) is 12.4. The number of hydrogen-bond donors (Lipinski definition) is 0. The molecule has 0 atom stereocenters. The van der Waals surface area contributed by atoms with E-state index in [4.69, 9.17) is 0 Å². The lowest BCUT2D eigenvalue weighted by molar-refractivity contribution is 0.112. The fourth-order valence-electron chi connectivity index (χ4n) is 1.78. The van der Waals surface area contributed by atoms with Crippen LogP contribution in [0.15, 0.2) is 0 Å². The third-order valence-corrected chi connectivity index (χ3v) is 3.69. The van der Waals surface area contributed by atoms with Gasteiger partial charge in [-0.05, 0) is 20.8 Å². The second-order valence-electron chi connectivity index (χ2n) is 5.46. The molecule has 0 aromatic carbocycles. The summed E-state index contributed by atoms with van der Waals surface area (Å²) >= 11 is 1.49. The van der Waals surface area contributed by atoms with Gasteiger partial charge < -0.3 is 4.90 Å². The van der Waals surface area contributed by atoms with E-state index in [-0.39, 0.29) is 5.41 Å². The SMILES string of the molecule is CCN(c1nc(C(C)(C)C)c(C=O)s1)C(C)C. The maximum atomic E-state index is 11.1. The third kappa shape index (κ3) is 3.06. The molecule has 4 heteroatoms. The summed E-state index contributed by atoms with van der Waals surface area (Å²) in [4.78, 5) is 18.7. The molecular weight excluding hydrogens is 232 g/mol. The fourth-order valence-corrected chi connectivity index (χ4v) is 3.07. The van der Waals surface area contributed by atoms with E-state index in [1.165, 1.54) is 11.3 Å². The average Bonchev–Trinajstić information content (AvgIpc) is 2.61. The van der Waals surface area contributed by atoms with Crippen LogP contribution in [0.2, 0.25) is 0 Å². The van der Waals surface area contributed by atoms with Gasteiger partial charge in [0.15, 0.2) is 11.4 Å². The van der Waals surface area contributed by atoms with Crippen molar-refractivity contribution < 1.29 is 4.79 Å². The Morgan fingerprint density at radius 2 is 2.00 bits per heavy atom. The van der Waals surface area contributed by atoms with Crippen molar-refractivity contribution in [3.63, 3.8) is 0 Å². The Morgan fingerprint density at radius 3 is 2.29 bits per heavy atom. The molecule has 1 aromatic rings. The molecule has 0 amide bonds. The van der Waals surface area contributed by atoms with Gasteiger partial charge in [-0.25, -0.2) is 4.98 Å². The highest BCUT2D eigenvalue weighted by atomic mass is 32.1. The summed E-state index contributed by atoms with van der Waals surface area (Å²) in [5, 5.41) is 0.953. The number of aldehydes is 1. The minimum absolute atomic E-state index is 0.0820. The fraction of sp³-hybridized carbons (Fsp3) is 0.692. The molecule has 0 saturated carbocycles. The van der Waals surface area contributed by atoms with Crippen molar-refractivity contribution in [2.75, 3.05) is 11.4 Å². The molecule has 96 valence electrons. The summed E-state index contributed by atoms with van der Waals surface area (Å²) < 4.78 is 0. The molecule has 1 aromatic heterocycles. The first-order chi connectivity index (χ1) is 7.81. The minimum atomic E-state index is -0.0820. The topological polar surface area (TPSA) is 33.2 Å². The number of thiazole rings is 1. The van der Waals surface area contributed by atoms with E-state index in [2.05, 4.69) is 51.4 Å². The molecule has 0 N–H and O–H groups in total. The third-order valence-electron chi connectivity index (χ3n) is 2.67. The normalized spacial score (nSPS) is 11.9. The quantitative estimate of drug-likeness (QED) is 0.771. The van der Waals surface area contributed by atoms with Crippen molar-refractivity contribution in [3.05, 3.63) is 10.6 Å². The van der Waals surface area contributed by atoms with Gasteiger partial charge in [0.2, 0.25) is 0 Å². The van der Waals surface area contributed by atoms with Gasteiger partial charge in [-0.2, -0.15) is 0 Å². The van der Waals surface area contributed by atoms with Gasteiger partial charge in [0.1, 0.15) is 0 Å². The van der Waals surface area contributed by atoms with Crippen molar-refractivity contribution in [2.24, 2.45) is 0 Å². The van der Waals surface area contributed by atoms with Crippen LogP contribution in [0.1, 0.15) is 56.9 Å². The van der Waals surface area contributed by atoms with Crippen LogP contribution in [0.5, 0.6) is 0 Å². The number of aromatic nitrogens is 1. The molecule has 3 nitrogen and oxygen atoms in total. The summed E-state index contributed by atoms with van der Waals surface area (Å²) in [7, 11) is 0. The molecule has 0 fully saturated rings. The van der Waals surface area contributed by atoms with Gasteiger partial charge in [0.25, 0.3) is 0 Å². The highest BCUT2D eigenvalue weighted by molar-refractivity contribution is 7.17. The Labute approximate surface area is 108 Å². The van der Waals surface area contributed by atoms with Crippen molar-refractivity contribution in [3.8, 4) is 0 Å². The van der Waals surface area contributed by atoms with Crippen LogP contribution in [-0.2, 0) is 5.41 Å². The standard InChI is InChI=1S/C13H22N2OS/c1-7-15(9(2)3)12-14-11(13(4,5)6)10(8-16)17-12/h8-9H,7H2,1-6H3. The largest absolute Gasteiger partial charge is 0.346 e. The van der Waals surface area contributed by atoms with Crippen molar-refractivity contribution in [1.82, 2.24) is 4.98 Å². The van der Waals surface area contributed by atoms with E-state index in [1.54, 1.807) is 0 Å². The van der Waals surface area contributed by atoms with E-state index < -0.39 is 0 Å². The van der Waals surface area contributed by atoms with Crippen LogP contribution in [-0.4, -0.2) is 23.9 Å². The number of rotatable bonds is 4. The van der Waals surface area contributed by atoms with E-state index in [9.17, 15) is 4.79 Å². The van der Waals surface area contributed by atoms with E-state index in [1.807, 2.05) is 0 Å². The molecule has 0 saturated heterocycles. The number of hydrogen-bond acceptors (Lipinski definition) is 4. The molecule has 0 unspecified atom stereocenters. The average molecular weight is 254 g/mol. The smallest absolute Gasteiger partial charge is 0.186 e.